The molecular weight excluding hydrogens is 1130 g/mol. The minimum Gasteiger partial charge on any atom is -0.477 e. The smallest absolute Gasteiger partial charge is 0.361 e. The van der Waals surface area contributed by atoms with Crippen molar-refractivity contribution in [3.05, 3.63) is 85.1 Å². The molecule has 0 aromatic heterocycles. The third-order valence-corrected chi connectivity index (χ3v) is 17.2. The molecule has 2 unspecified atom stereocenters. The monoisotopic (exact) mass is 1280 g/mol. The standard InChI is InChI=1S/C82H147NO8/c1-6-8-10-12-14-16-18-20-22-24-26-28-30-32-34-36-38-39-40-41-43-44-46-48-50-52-54-56-58-60-62-64-66-68-70-72-79(84)89-76-78(77-90-82(81(86)87)88-75-74-83(3,4)5)91-80(85)73-71-69-67-65-63-61-59-57-55-53-51-49-47-45-42-37-35-33-31-29-27-25-23-21-19-17-15-13-11-9-7-2/h9,11,15,17,21,23,27,29,33,35,42,45,49,51,78,82H,6-8,10,12-14,16,18-20,22,24-26,28,30-32,34,36-41,43-44,46-48,50,52-77H2,1-5H3/p+1/b11-9-,17-15-,23-21-,29-27-,35-33-,45-42-,51-49-. The number of carboxylic acid groups (broad SMARTS) is 1. The SMILES string of the molecule is CC/C=C\C/C=C\C/C=C\C/C=C\C/C=C\C/C=C\C/C=C\CCCCCCCCCCCC(=O)OC(COC(=O)CCCCCCCCCCCCCCCCCCCCCCCCCCCCCCCCCCCCC)COC(OCC[N+](C)(C)C)C(=O)O. The first-order chi connectivity index (χ1) is 44.6. The summed E-state index contributed by atoms with van der Waals surface area (Å²) < 4.78 is 23.0. The lowest BCUT2D eigenvalue weighted by atomic mass is 10.0. The van der Waals surface area contributed by atoms with Crippen LogP contribution in [-0.2, 0) is 33.3 Å². The van der Waals surface area contributed by atoms with Gasteiger partial charge in [0.25, 0.3) is 6.29 Å². The molecule has 91 heavy (non-hydrogen) atoms. The van der Waals surface area contributed by atoms with Crippen LogP contribution in [0.15, 0.2) is 85.1 Å². The van der Waals surface area contributed by atoms with Gasteiger partial charge in [-0.15, -0.1) is 0 Å². The number of unbranched alkanes of at least 4 members (excludes halogenated alkanes) is 43. The van der Waals surface area contributed by atoms with Gasteiger partial charge in [-0.1, -0.05) is 362 Å². The zero-order valence-electron chi connectivity index (χ0n) is 60.5. The maximum atomic E-state index is 13.0. The number of rotatable bonds is 72. The van der Waals surface area contributed by atoms with E-state index in [-0.39, 0.29) is 32.2 Å². The molecule has 0 aliphatic heterocycles. The number of quaternary nitrogens is 1. The van der Waals surface area contributed by atoms with Crippen LogP contribution in [0.2, 0.25) is 0 Å². The van der Waals surface area contributed by atoms with Gasteiger partial charge in [-0.2, -0.15) is 0 Å². The van der Waals surface area contributed by atoms with Crippen LogP contribution in [-0.4, -0.2) is 87.4 Å². The van der Waals surface area contributed by atoms with Crippen LogP contribution in [0.4, 0.5) is 0 Å². The Morgan fingerprint density at radius 3 is 0.934 bits per heavy atom. The van der Waals surface area contributed by atoms with Gasteiger partial charge in [-0.25, -0.2) is 4.79 Å². The molecule has 528 valence electrons. The number of ether oxygens (including phenoxy) is 4. The third-order valence-electron chi connectivity index (χ3n) is 17.2. The second kappa shape index (κ2) is 72.3. The number of hydrogen-bond acceptors (Lipinski definition) is 7. The van der Waals surface area contributed by atoms with Crippen LogP contribution < -0.4 is 0 Å². The van der Waals surface area contributed by atoms with Gasteiger partial charge in [-0.3, -0.25) is 9.59 Å². The summed E-state index contributed by atoms with van der Waals surface area (Å²) in [7, 11) is 5.98. The van der Waals surface area contributed by atoms with E-state index in [4.69, 9.17) is 18.9 Å². The number of likely N-dealkylation sites (N-methyl/N-ethyl adjacent to an activating group) is 1. The Labute approximate surface area is 563 Å². The van der Waals surface area contributed by atoms with Crippen LogP contribution in [0, 0.1) is 0 Å². The quantitative estimate of drug-likeness (QED) is 0.0211. The summed E-state index contributed by atoms with van der Waals surface area (Å²) in [5.41, 5.74) is 0. The molecule has 0 aromatic carbocycles. The summed E-state index contributed by atoms with van der Waals surface area (Å²) in [6.07, 6.45) is 95.9. The van der Waals surface area contributed by atoms with E-state index in [0.29, 0.717) is 23.9 Å². The van der Waals surface area contributed by atoms with Crippen molar-refractivity contribution in [1.29, 1.82) is 0 Å². The van der Waals surface area contributed by atoms with Gasteiger partial charge < -0.3 is 28.5 Å². The van der Waals surface area contributed by atoms with Crippen LogP contribution >= 0.6 is 0 Å². The van der Waals surface area contributed by atoms with E-state index in [0.717, 1.165) is 89.9 Å². The largest absolute Gasteiger partial charge is 0.477 e. The van der Waals surface area contributed by atoms with Crippen molar-refractivity contribution >= 4 is 17.9 Å². The third kappa shape index (κ3) is 73.7. The Bertz CT molecular complexity index is 1770. The van der Waals surface area contributed by atoms with E-state index in [1.165, 1.54) is 238 Å². The van der Waals surface area contributed by atoms with Crippen LogP contribution in [0.3, 0.4) is 0 Å². The first kappa shape index (κ1) is 87.5. The number of carbonyl (C=O) groups is 3. The minimum atomic E-state index is -1.52. The molecule has 0 saturated carbocycles. The average Bonchev–Trinajstić information content (AvgIpc) is 3.65. The van der Waals surface area contributed by atoms with E-state index in [2.05, 4.69) is 98.9 Å². The number of carboxylic acids is 1. The Morgan fingerprint density at radius 2 is 0.626 bits per heavy atom. The van der Waals surface area contributed by atoms with Gasteiger partial charge >= 0.3 is 17.9 Å². The van der Waals surface area contributed by atoms with E-state index in [1.807, 2.05) is 21.1 Å². The highest BCUT2D eigenvalue weighted by atomic mass is 16.7. The van der Waals surface area contributed by atoms with Crippen molar-refractivity contribution in [1.82, 2.24) is 0 Å². The molecule has 0 amide bonds. The summed E-state index contributed by atoms with van der Waals surface area (Å²) >= 11 is 0. The second-order valence-electron chi connectivity index (χ2n) is 27.3. The molecule has 0 aliphatic rings. The van der Waals surface area contributed by atoms with Gasteiger partial charge in [0.2, 0.25) is 0 Å². The summed E-state index contributed by atoms with van der Waals surface area (Å²) in [4.78, 5) is 37.7. The van der Waals surface area contributed by atoms with Crippen LogP contribution in [0.1, 0.15) is 361 Å². The minimum absolute atomic E-state index is 0.184. The lowest BCUT2D eigenvalue weighted by Gasteiger charge is -2.25. The Balaban J connectivity index is 4.04. The highest BCUT2D eigenvalue weighted by molar-refractivity contribution is 5.71. The highest BCUT2D eigenvalue weighted by Crippen LogP contribution is 2.19. The van der Waals surface area contributed by atoms with Crippen LogP contribution in [0.5, 0.6) is 0 Å². The van der Waals surface area contributed by atoms with Gasteiger partial charge in [-0.05, 0) is 70.6 Å². The van der Waals surface area contributed by atoms with Crippen molar-refractivity contribution < 1.29 is 42.9 Å². The number of esters is 2. The average molecular weight is 1280 g/mol. The molecule has 9 nitrogen and oxygen atoms in total. The fourth-order valence-corrected chi connectivity index (χ4v) is 11.3. The van der Waals surface area contributed by atoms with Crippen molar-refractivity contribution in [2.45, 2.75) is 373 Å². The normalized spacial score (nSPS) is 13.1. The molecule has 0 aromatic rings. The molecule has 0 rings (SSSR count). The zero-order valence-corrected chi connectivity index (χ0v) is 60.5. The highest BCUT2D eigenvalue weighted by Gasteiger charge is 2.25. The number of aliphatic carboxylic acids is 1. The summed E-state index contributed by atoms with van der Waals surface area (Å²) in [5.74, 6) is -2.00. The predicted octanol–water partition coefficient (Wildman–Crippen LogP) is 24.6. The summed E-state index contributed by atoms with van der Waals surface area (Å²) in [6, 6.07) is 0. The predicted molar refractivity (Wildman–Crippen MR) is 392 cm³/mol. The molecular formula is C82H148NO8+. The molecule has 9 heteroatoms. The maximum Gasteiger partial charge on any atom is 0.361 e. The lowest BCUT2D eigenvalue weighted by Crippen LogP contribution is -2.40. The van der Waals surface area contributed by atoms with Crippen molar-refractivity contribution in [2.75, 3.05) is 47.5 Å². The summed E-state index contributed by atoms with van der Waals surface area (Å²) in [6.45, 7) is 4.81. The van der Waals surface area contributed by atoms with Gasteiger partial charge in [0, 0.05) is 12.8 Å². The zero-order chi connectivity index (χ0) is 66.1. The molecule has 0 bridgehead atoms. The molecule has 0 heterocycles. The van der Waals surface area contributed by atoms with E-state index in [1.54, 1.807) is 0 Å². The molecule has 0 fully saturated rings. The Kier molecular flexibility index (Phi) is 69.5. The fourth-order valence-electron chi connectivity index (χ4n) is 11.3. The van der Waals surface area contributed by atoms with Gasteiger partial charge in [0.15, 0.2) is 6.10 Å². The maximum absolute atomic E-state index is 13.0. The first-order valence-electron chi connectivity index (χ1n) is 38.8. The molecule has 2 atom stereocenters. The number of hydrogen-bond donors (Lipinski definition) is 1. The lowest BCUT2D eigenvalue weighted by molar-refractivity contribution is -0.870. The van der Waals surface area contributed by atoms with E-state index < -0.39 is 24.3 Å². The van der Waals surface area contributed by atoms with Crippen molar-refractivity contribution in [3.8, 4) is 0 Å². The fraction of sp³-hybridized carbons (Fsp3) is 0.793. The Hall–Kier alpha value is -3.53. The van der Waals surface area contributed by atoms with E-state index in [9.17, 15) is 19.5 Å². The second-order valence-corrected chi connectivity index (χ2v) is 27.3. The van der Waals surface area contributed by atoms with Crippen LogP contribution in [0.25, 0.3) is 0 Å². The number of nitrogens with zero attached hydrogens (tertiary/aromatic N) is 1. The summed E-state index contributed by atoms with van der Waals surface area (Å²) in [5, 5.41) is 9.77. The molecule has 0 radical (unpaired) electrons. The van der Waals surface area contributed by atoms with Crippen molar-refractivity contribution in [3.63, 3.8) is 0 Å². The topological polar surface area (TPSA) is 108 Å². The van der Waals surface area contributed by atoms with Gasteiger partial charge in [0.1, 0.15) is 13.2 Å². The number of carbonyl (C=O) groups excluding carboxylic acids is 2. The van der Waals surface area contributed by atoms with E-state index >= 15 is 0 Å². The molecule has 1 N–H and O–H groups in total. The Morgan fingerprint density at radius 1 is 0.341 bits per heavy atom. The first-order valence-corrected chi connectivity index (χ1v) is 38.8. The van der Waals surface area contributed by atoms with Crippen molar-refractivity contribution in [2.24, 2.45) is 0 Å². The number of allylic oxidation sites excluding steroid dienone is 14. The molecule has 0 aliphatic carbocycles. The molecule has 0 spiro atoms. The molecule has 0 saturated heterocycles. The van der Waals surface area contributed by atoms with Gasteiger partial charge in [0.05, 0.1) is 34.4 Å².